The molecule has 4 nitrogen and oxygen atoms in total. The van der Waals surface area contributed by atoms with Crippen molar-refractivity contribution < 1.29 is 9.59 Å². The Morgan fingerprint density at radius 1 is 1.12 bits per heavy atom. The molecule has 0 aliphatic heterocycles. The van der Waals surface area contributed by atoms with Gasteiger partial charge in [-0.25, -0.2) is 0 Å². The van der Waals surface area contributed by atoms with Crippen LogP contribution in [-0.2, 0) is 9.59 Å². The number of benzene rings is 1. The van der Waals surface area contributed by atoms with E-state index in [4.69, 9.17) is 0 Å². The van der Waals surface area contributed by atoms with Gasteiger partial charge < -0.3 is 10.6 Å². The predicted octanol–water partition coefficient (Wildman–Crippen LogP) is 4.78. The maximum Gasteiger partial charge on any atom is 0.239 e. The topological polar surface area (TPSA) is 58.2 Å². The summed E-state index contributed by atoms with van der Waals surface area (Å²) in [5.74, 6) is -0.208. The third-order valence-electron chi connectivity index (χ3n) is 5.08. The lowest BCUT2D eigenvalue weighted by molar-refractivity contribution is -0.138. The lowest BCUT2D eigenvalue weighted by Gasteiger charge is -2.24. The number of allylic oxidation sites excluding steroid dienone is 1. The molecule has 1 aromatic rings. The van der Waals surface area contributed by atoms with E-state index in [0.717, 1.165) is 30.5 Å². The summed E-state index contributed by atoms with van der Waals surface area (Å²) in [4.78, 5) is 25.3. The van der Waals surface area contributed by atoms with Crippen molar-refractivity contribution in [3.8, 4) is 0 Å². The van der Waals surface area contributed by atoms with Crippen molar-refractivity contribution in [1.82, 2.24) is 5.32 Å². The van der Waals surface area contributed by atoms with Crippen LogP contribution in [-0.4, -0.2) is 18.4 Å². The highest BCUT2D eigenvalue weighted by Crippen LogP contribution is 2.26. The average Bonchev–Trinajstić information content (AvgIpc) is 2.62. The van der Waals surface area contributed by atoms with E-state index in [2.05, 4.69) is 30.6 Å². The molecule has 0 unspecified atom stereocenters. The molecule has 142 valence electrons. The molecule has 0 aromatic heterocycles. The standard InChI is InChI=1S/C22H32N2O2/c1-16(2)18-12-8-9-13-19(18)24-21(26)22(3,4)20(25)23-15-14-17-10-6-5-7-11-17/h8-10,12-13,16H,5-7,11,14-15H2,1-4H3,(H,23,25)(H,24,26). The second kappa shape index (κ2) is 9.02. The number of anilines is 1. The van der Waals surface area contributed by atoms with Crippen molar-refractivity contribution in [2.24, 2.45) is 5.41 Å². The van der Waals surface area contributed by atoms with Crippen LogP contribution in [0.4, 0.5) is 5.69 Å². The first-order chi connectivity index (χ1) is 12.3. The Morgan fingerprint density at radius 2 is 1.85 bits per heavy atom. The summed E-state index contributed by atoms with van der Waals surface area (Å²) in [6.07, 6.45) is 7.94. The number of carbonyl (C=O) groups is 2. The van der Waals surface area contributed by atoms with Crippen molar-refractivity contribution in [2.75, 3.05) is 11.9 Å². The number of hydrogen-bond donors (Lipinski definition) is 2. The van der Waals surface area contributed by atoms with Crippen molar-refractivity contribution in [2.45, 2.75) is 65.7 Å². The van der Waals surface area contributed by atoms with Crippen LogP contribution in [0.3, 0.4) is 0 Å². The monoisotopic (exact) mass is 356 g/mol. The zero-order valence-electron chi connectivity index (χ0n) is 16.5. The fraction of sp³-hybridized carbons (Fsp3) is 0.545. The van der Waals surface area contributed by atoms with E-state index in [9.17, 15) is 9.59 Å². The first-order valence-electron chi connectivity index (χ1n) is 9.69. The molecule has 2 amide bonds. The molecule has 26 heavy (non-hydrogen) atoms. The fourth-order valence-corrected chi connectivity index (χ4v) is 3.19. The Hall–Kier alpha value is -2.10. The molecule has 0 atom stereocenters. The molecule has 0 spiro atoms. The van der Waals surface area contributed by atoms with Gasteiger partial charge in [0.25, 0.3) is 0 Å². The van der Waals surface area contributed by atoms with E-state index < -0.39 is 5.41 Å². The predicted molar refractivity (Wildman–Crippen MR) is 107 cm³/mol. The molecule has 1 aliphatic carbocycles. The van der Waals surface area contributed by atoms with Crippen molar-refractivity contribution in [3.63, 3.8) is 0 Å². The second-order valence-electron chi connectivity index (χ2n) is 7.94. The summed E-state index contributed by atoms with van der Waals surface area (Å²) >= 11 is 0. The minimum absolute atomic E-state index is 0.228. The summed E-state index contributed by atoms with van der Waals surface area (Å²) < 4.78 is 0. The largest absolute Gasteiger partial charge is 0.355 e. The van der Waals surface area contributed by atoms with Gasteiger partial charge in [-0.05, 0) is 63.5 Å². The second-order valence-corrected chi connectivity index (χ2v) is 7.94. The molecule has 2 rings (SSSR count). The summed E-state index contributed by atoms with van der Waals surface area (Å²) in [6, 6.07) is 7.75. The van der Waals surface area contributed by atoms with Gasteiger partial charge in [-0.3, -0.25) is 9.59 Å². The van der Waals surface area contributed by atoms with E-state index in [1.165, 1.54) is 18.4 Å². The first-order valence-corrected chi connectivity index (χ1v) is 9.69. The average molecular weight is 357 g/mol. The molecule has 0 fully saturated rings. The maximum atomic E-state index is 12.7. The summed E-state index contributed by atoms with van der Waals surface area (Å²) in [5, 5.41) is 5.88. The molecule has 4 heteroatoms. The van der Waals surface area contributed by atoms with Crippen molar-refractivity contribution in [3.05, 3.63) is 41.5 Å². The fourth-order valence-electron chi connectivity index (χ4n) is 3.19. The normalized spacial score (nSPS) is 14.7. The Bertz CT molecular complexity index is 674. The van der Waals surface area contributed by atoms with Gasteiger partial charge in [-0.2, -0.15) is 0 Å². The van der Waals surface area contributed by atoms with Crippen LogP contribution < -0.4 is 10.6 Å². The highest BCUT2D eigenvalue weighted by molar-refractivity contribution is 6.10. The Kier molecular flexibility index (Phi) is 7.01. The van der Waals surface area contributed by atoms with Crippen molar-refractivity contribution in [1.29, 1.82) is 0 Å². The smallest absolute Gasteiger partial charge is 0.239 e. The van der Waals surface area contributed by atoms with E-state index in [0.29, 0.717) is 12.5 Å². The SMILES string of the molecule is CC(C)c1ccccc1NC(=O)C(C)(C)C(=O)NCCC1=CCCCC1. The van der Waals surface area contributed by atoms with Crippen LogP contribution in [0, 0.1) is 5.41 Å². The Balaban J connectivity index is 1.94. The first kappa shape index (κ1) is 20.2. The lowest BCUT2D eigenvalue weighted by atomic mass is 9.90. The van der Waals surface area contributed by atoms with E-state index >= 15 is 0 Å². The molecule has 1 aliphatic rings. The van der Waals surface area contributed by atoms with Crippen LogP contribution in [0.1, 0.15) is 71.3 Å². The summed E-state index contributed by atoms with van der Waals surface area (Å²) in [5.41, 5.74) is 2.15. The van der Waals surface area contributed by atoms with Crippen LogP contribution >= 0.6 is 0 Å². The molecule has 0 saturated heterocycles. The minimum atomic E-state index is -1.12. The lowest BCUT2D eigenvalue weighted by Crippen LogP contribution is -2.45. The number of para-hydroxylation sites is 1. The van der Waals surface area contributed by atoms with Gasteiger partial charge in [0, 0.05) is 12.2 Å². The summed E-state index contributed by atoms with van der Waals surface area (Å²) in [7, 11) is 0. The Morgan fingerprint density at radius 3 is 2.50 bits per heavy atom. The van der Waals surface area contributed by atoms with Crippen LogP contribution in [0.5, 0.6) is 0 Å². The number of carbonyl (C=O) groups excluding carboxylic acids is 2. The third kappa shape index (κ3) is 5.20. The van der Waals surface area contributed by atoms with Gasteiger partial charge in [0.05, 0.1) is 0 Å². The third-order valence-corrected chi connectivity index (χ3v) is 5.08. The highest BCUT2D eigenvalue weighted by atomic mass is 16.2. The molecule has 0 heterocycles. The number of rotatable bonds is 7. The van der Waals surface area contributed by atoms with Gasteiger partial charge >= 0.3 is 0 Å². The summed E-state index contributed by atoms with van der Waals surface area (Å²) in [6.45, 7) is 8.11. The van der Waals surface area contributed by atoms with Crippen LogP contribution in [0.2, 0.25) is 0 Å². The molecular weight excluding hydrogens is 324 g/mol. The zero-order valence-corrected chi connectivity index (χ0v) is 16.5. The number of hydrogen-bond acceptors (Lipinski definition) is 2. The molecule has 0 bridgehead atoms. The Labute approximate surface area is 157 Å². The highest BCUT2D eigenvalue weighted by Gasteiger charge is 2.36. The molecular formula is C22H32N2O2. The molecule has 0 saturated carbocycles. The number of amides is 2. The molecule has 2 N–H and O–H groups in total. The quantitative estimate of drug-likeness (QED) is 0.545. The van der Waals surface area contributed by atoms with Crippen molar-refractivity contribution >= 4 is 17.5 Å². The molecule has 1 aromatic carbocycles. The van der Waals surface area contributed by atoms with Gasteiger partial charge in [-0.15, -0.1) is 0 Å². The minimum Gasteiger partial charge on any atom is -0.355 e. The van der Waals surface area contributed by atoms with E-state index in [-0.39, 0.29) is 11.8 Å². The maximum absolute atomic E-state index is 12.7. The van der Waals surface area contributed by atoms with Gasteiger partial charge in [-0.1, -0.05) is 43.7 Å². The number of nitrogens with one attached hydrogen (secondary N) is 2. The van der Waals surface area contributed by atoms with Crippen LogP contribution in [0.25, 0.3) is 0 Å². The van der Waals surface area contributed by atoms with Gasteiger partial charge in [0.15, 0.2) is 0 Å². The van der Waals surface area contributed by atoms with Gasteiger partial charge in [0.2, 0.25) is 11.8 Å². The zero-order chi connectivity index (χ0) is 19.2. The molecule has 0 radical (unpaired) electrons. The van der Waals surface area contributed by atoms with E-state index in [1.807, 2.05) is 24.3 Å². The van der Waals surface area contributed by atoms with Crippen LogP contribution in [0.15, 0.2) is 35.9 Å². The van der Waals surface area contributed by atoms with Gasteiger partial charge in [0.1, 0.15) is 5.41 Å². The van der Waals surface area contributed by atoms with E-state index in [1.54, 1.807) is 13.8 Å².